The van der Waals surface area contributed by atoms with Gasteiger partial charge in [0.2, 0.25) is 0 Å². The molecule has 0 fully saturated rings. The third-order valence-electron chi connectivity index (χ3n) is 3.97. The number of ether oxygens (including phenoxy) is 1. The molecule has 0 unspecified atom stereocenters. The number of nitrogens with zero attached hydrogens (tertiary/aromatic N) is 3. The minimum absolute atomic E-state index is 0.0262. The maximum Gasteiger partial charge on any atom is 0.259 e. The van der Waals surface area contributed by atoms with Gasteiger partial charge in [0.1, 0.15) is 5.75 Å². The van der Waals surface area contributed by atoms with Gasteiger partial charge in [0, 0.05) is 36.8 Å². The van der Waals surface area contributed by atoms with Crippen molar-refractivity contribution in [3.05, 3.63) is 75.7 Å². The van der Waals surface area contributed by atoms with Crippen LogP contribution in [0.1, 0.15) is 17.0 Å². The Labute approximate surface area is 150 Å². The van der Waals surface area contributed by atoms with E-state index in [2.05, 4.69) is 16.5 Å². The number of methoxy groups -OCH3 is 1. The van der Waals surface area contributed by atoms with Crippen LogP contribution in [0.3, 0.4) is 0 Å². The normalized spacial score (nSPS) is 11.2. The molecule has 0 radical (unpaired) electrons. The van der Waals surface area contributed by atoms with Gasteiger partial charge in [-0.3, -0.25) is 14.1 Å². The smallest absolute Gasteiger partial charge is 0.259 e. The summed E-state index contributed by atoms with van der Waals surface area (Å²) in [6.07, 6.45) is 1.87. The van der Waals surface area contributed by atoms with Crippen molar-refractivity contribution in [2.75, 3.05) is 13.7 Å². The number of aryl methyl sites for hydroxylation is 1. The second-order valence-electron chi connectivity index (χ2n) is 5.89. The first kappa shape index (κ1) is 17.4. The van der Waals surface area contributed by atoms with Gasteiger partial charge in [-0.25, -0.2) is 4.98 Å². The molecule has 0 aliphatic heterocycles. The largest absolute Gasteiger partial charge is 0.497 e. The van der Waals surface area contributed by atoms with Crippen LogP contribution in [-0.2, 0) is 13.1 Å². The molecule has 0 saturated heterocycles. The first-order chi connectivity index (χ1) is 12.1. The lowest BCUT2D eigenvalue weighted by Gasteiger charge is -2.20. The van der Waals surface area contributed by atoms with Gasteiger partial charge in [0.25, 0.3) is 5.56 Å². The molecule has 0 atom stereocenters. The number of aromatic nitrogens is 2. The first-order valence-corrected chi connectivity index (χ1v) is 8.91. The number of hydrogen-bond acceptors (Lipinski definition) is 5. The van der Waals surface area contributed by atoms with Crippen LogP contribution in [0.4, 0.5) is 0 Å². The van der Waals surface area contributed by atoms with Crippen LogP contribution in [0.5, 0.6) is 5.75 Å². The Balaban J connectivity index is 1.81. The summed E-state index contributed by atoms with van der Waals surface area (Å²) in [5, 5.41) is 1.95. The second-order valence-corrected chi connectivity index (χ2v) is 6.72. The zero-order valence-corrected chi connectivity index (χ0v) is 15.3. The molecule has 3 aromatic rings. The van der Waals surface area contributed by atoms with Crippen LogP contribution < -0.4 is 10.3 Å². The van der Waals surface area contributed by atoms with Crippen LogP contribution in [0.15, 0.2) is 53.2 Å². The standard InChI is InChI=1S/C19H21N3O2S/c1-4-9-21(11-15-5-7-17(24-3)8-6-15)12-16-10-18(23)22-14(2)13-25-19(22)20-16/h4-8,10,13H,1,9,11-12H2,2-3H3. The molecule has 0 aliphatic carbocycles. The predicted molar refractivity (Wildman–Crippen MR) is 101 cm³/mol. The lowest BCUT2D eigenvalue weighted by Crippen LogP contribution is -2.25. The van der Waals surface area contributed by atoms with E-state index in [-0.39, 0.29) is 5.56 Å². The Morgan fingerprint density at radius 3 is 2.76 bits per heavy atom. The highest BCUT2D eigenvalue weighted by molar-refractivity contribution is 7.15. The number of hydrogen-bond donors (Lipinski definition) is 0. The van der Waals surface area contributed by atoms with Crippen molar-refractivity contribution in [2.45, 2.75) is 20.0 Å². The van der Waals surface area contributed by atoms with Crippen LogP contribution in [0.25, 0.3) is 4.96 Å². The number of benzene rings is 1. The molecule has 1 aromatic carbocycles. The Morgan fingerprint density at radius 1 is 1.32 bits per heavy atom. The maximum atomic E-state index is 12.3. The van der Waals surface area contributed by atoms with Gasteiger partial charge >= 0.3 is 0 Å². The summed E-state index contributed by atoms with van der Waals surface area (Å²) in [6, 6.07) is 9.61. The average molecular weight is 355 g/mol. The summed E-state index contributed by atoms with van der Waals surface area (Å²) in [5.74, 6) is 0.840. The van der Waals surface area contributed by atoms with Gasteiger partial charge in [0.05, 0.1) is 12.8 Å². The van der Waals surface area contributed by atoms with Crippen LogP contribution in [0.2, 0.25) is 0 Å². The van der Waals surface area contributed by atoms with Crippen molar-refractivity contribution in [1.82, 2.24) is 14.3 Å². The van der Waals surface area contributed by atoms with Gasteiger partial charge in [0.15, 0.2) is 4.96 Å². The SMILES string of the molecule is C=CCN(Cc1ccc(OC)cc1)Cc1cc(=O)n2c(C)csc2n1. The molecule has 0 aliphatic rings. The number of thiazole rings is 1. The average Bonchev–Trinajstić information content (AvgIpc) is 2.97. The van der Waals surface area contributed by atoms with Crippen molar-refractivity contribution >= 4 is 16.3 Å². The molecular weight excluding hydrogens is 334 g/mol. The summed E-state index contributed by atoms with van der Waals surface area (Å²) in [5.41, 5.74) is 2.85. The molecule has 25 heavy (non-hydrogen) atoms. The molecule has 0 N–H and O–H groups in total. The zero-order chi connectivity index (χ0) is 17.8. The molecule has 0 amide bonds. The molecule has 3 rings (SSSR count). The fourth-order valence-electron chi connectivity index (χ4n) is 2.77. The van der Waals surface area contributed by atoms with E-state index in [9.17, 15) is 4.79 Å². The summed E-state index contributed by atoms with van der Waals surface area (Å²) >= 11 is 1.49. The lowest BCUT2D eigenvalue weighted by atomic mass is 10.2. The Kier molecular flexibility index (Phi) is 5.31. The predicted octanol–water partition coefficient (Wildman–Crippen LogP) is 3.26. The minimum atomic E-state index is -0.0262. The van der Waals surface area contributed by atoms with Crippen LogP contribution >= 0.6 is 11.3 Å². The molecular formula is C19H21N3O2S. The number of rotatable bonds is 7. The van der Waals surface area contributed by atoms with Gasteiger partial charge in [-0.1, -0.05) is 18.2 Å². The fourth-order valence-corrected chi connectivity index (χ4v) is 3.66. The van der Waals surface area contributed by atoms with Crippen molar-refractivity contribution in [3.8, 4) is 5.75 Å². The molecule has 6 heteroatoms. The van der Waals surface area contributed by atoms with E-state index in [1.807, 2.05) is 42.6 Å². The van der Waals surface area contributed by atoms with Crippen LogP contribution in [0, 0.1) is 6.92 Å². The quantitative estimate of drug-likeness (QED) is 0.610. The van der Waals surface area contributed by atoms with Crippen molar-refractivity contribution in [1.29, 1.82) is 0 Å². The van der Waals surface area contributed by atoms with Crippen molar-refractivity contribution in [3.63, 3.8) is 0 Å². The third-order valence-corrected chi connectivity index (χ3v) is 4.91. The van der Waals surface area contributed by atoms with E-state index in [0.29, 0.717) is 6.54 Å². The number of fused-ring (bicyclic) bond motifs is 1. The minimum Gasteiger partial charge on any atom is -0.497 e. The Hall–Kier alpha value is -2.44. The van der Waals surface area contributed by atoms with Crippen molar-refractivity contribution in [2.24, 2.45) is 0 Å². The Bertz CT molecular complexity index is 928. The van der Waals surface area contributed by atoms with E-state index in [1.165, 1.54) is 16.9 Å². The van der Waals surface area contributed by atoms with E-state index in [4.69, 9.17) is 4.74 Å². The first-order valence-electron chi connectivity index (χ1n) is 8.03. The maximum absolute atomic E-state index is 12.3. The fraction of sp³-hybridized carbons (Fsp3) is 0.263. The summed E-state index contributed by atoms with van der Waals surface area (Å²) in [7, 11) is 1.66. The summed E-state index contributed by atoms with van der Waals surface area (Å²) in [6.45, 7) is 7.82. The highest BCUT2D eigenvalue weighted by Crippen LogP contribution is 2.15. The topological polar surface area (TPSA) is 46.8 Å². The third kappa shape index (κ3) is 3.97. The molecule has 0 bridgehead atoms. The second kappa shape index (κ2) is 7.63. The molecule has 2 heterocycles. The highest BCUT2D eigenvalue weighted by Gasteiger charge is 2.11. The van der Waals surface area contributed by atoms with Gasteiger partial charge in [-0.2, -0.15) is 0 Å². The van der Waals surface area contributed by atoms with Gasteiger partial charge in [-0.15, -0.1) is 17.9 Å². The van der Waals surface area contributed by atoms with E-state index >= 15 is 0 Å². The summed E-state index contributed by atoms with van der Waals surface area (Å²) in [4.78, 5) is 19.9. The monoisotopic (exact) mass is 355 g/mol. The van der Waals surface area contributed by atoms with E-state index in [0.717, 1.165) is 35.2 Å². The summed E-state index contributed by atoms with van der Waals surface area (Å²) < 4.78 is 6.85. The van der Waals surface area contributed by atoms with Crippen LogP contribution in [-0.4, -0.2) is 27.9 Å². The molecule has 5 nitrogen and oxygen atoms in total. The van der Waals surface area contributed by atoms with Crippen molar-refractivity contribution < 1.29 is 4.74 Å². The molecule has 130 valence electrons. The van der Waals surface area contributed by atoms with Gasteiger partial charge in [-0.05, 0) is 24.6 Å². The van der Waals surface area contributed by atoms with E-state index < -0.39 is 0 Å². The zero-order valence-electron chi connectivity index (χ0n) is 14.4. The van der Waals surface area contributed by atoms with E-state index in [1.54, 1.807) is 17.6 Å². The molecule has 2 aromatic heterocycles. The molecule has 0 saturated carbocycles. The lowest BCUT2D eigenvalue weighted by molar-refractivity contribution is 0.282. The Morgan fingerprint density at radius 2 is 2.08 bits per heavy atom. The highest BCUT2D eigenvalue weighted by atomic mass is 32.1. The molecule has 0 spiro atoms. The van der Waals surface area contributed by atoms with Gasteiger partial charge < -0.3 is 4.74 Å².